The van der Waals surface area contributed by atoms with E-state index in [9.17, 15) is 0 Å². The molecule has 1 aromatic carbocycles. The number of benzene rings is 1. The van der Waals surface area contributed by atoms with Crippen molar-refractivity contribution in [3.63, 3.8) is 0 Å². The summed E-state index contributed by atoms with van der Waals surface area (Å²) in [7, 11) is 0. The summed E-state index contributed by atoms with van der Waals surface area (Å²) in [5.74, 6) is 1.86. The van der Waals surface area contributed by atoms with E-state index < -0.39 is 0 Å². The maximum atomic E-state index is 5.74. The monoisotopic (exact) mass is 247 g/mol. The third-order valence-electron chi connectivity index (χ3n) is 3.93. The Morgan fingerprint density at radius 2 is 2.11 bits per heavy atom. The van der Waals surface area contributed by atoms with Crippen molar-refractivity contribution >= 4 is 0 Å². The summed E-state index contributed by atoms with van der Waals surface area (Å²) in [5, 5.41) is 3.58. The van der Waals surface area contributed by atoms with Crippen molar-refractivity contribution in [1.82, 2.24) is 5.32 Å². The van der Waals surface area contributed by atoms with E-state index in [1.807, 2.05) is 12.1 Å². The molecule has 0 heterocycles. The molecule has 2 nitrogen and oxygen atoms in total. The molecule has 2 rings (SSSR count). The van der Waals surface area contributed by atoms with Crippen LogP contribution in [0.2, 0.25) is 0 Å². The van der Waals surface area contributed by atoms with E-state index in [1.165, 1.54) is 31.2 Å². The minimum absolute atomic E-state index is 0.633. The fourth-order valence-corrected chi connectivity index (χ4v) is 2.78. The Kier molecular flexibility index (Phi) is 5.06. The van der Waals surface area contributed by atoms with Crippen LogP contribution < -0.4 is 10.1 Å². The van der Waals surface area contributed by atoms with Crippen molar-refractivity contribution in [2.45, 2.75) is 45.6 Å². The predicted octanol–water partition coefficient (Wildman–Crippen LogP) is 3.54. The highest BCUT2D eigenvalue weighted by molar-refractivity contribution is 5.27. The lowest BCUT2D eigenvalue weighted by Gasteiger charge is -2.20. The molecule has 1 unspecified atom stereocenters. The third-order valence-corrected chi connectivity index (χ3v) is 3.93. The number of ether oxygens (including phenoxy) is 1. The Bertz CT molecular complexity index is 358. The lowest BCUT2D eigenvalue weighted by Crippen LogP contribution is -2.35. The van der Waals surface area contributed by atoms with Gasteiger partial charge >= 0.3 is 0 Å². The van der Waals surface area contributed by atoms with Crippen LogP contribution in [0.3, 0.4) is 0 Å². The first-order valence-corrected chi connectivity index (χ1v) is 7.18. The van der Waals surface area contributed by atoms with Crippen molar-refractivity contribution in [2.75, 3.05) is 13.2 Å². The number of hydrogen-bond donors (Lipinski definition) is 1. The van der Waals surface area contributed by atoms with Gasteiger partial charge in [-0.1, -0.05) is 25.0 Å². The highest BCUT2D eigenvalue weighted by Crippen LogP contribution is 2.27. The summed E-state index contributed by atoms with van der Waals surface area (Å²) in [6.07, 6.45) is 5.62. The second-order valence-electron chi connectivity index (χ2n) is 5.45. The second-order valence-corrected chi connectivity index (χ2v) is 5.45. The zero-order valence-electron chi connectivity index (χ0n) is 11.6. The molecule has 1 aromatic rings. The predicted molar refractivity (Wildman–Crippen MR) is 76.1 cm³/mol. The van der Waals surface area contributed by atoms with Gasteiger partial charge in [-0.15, -0.1) is 0 Å². The maximum absolute atomic E-state index is 5.74. The van der Waals surface area contributed by atoms with Crippen molar-refractivity contribution in [3.05, 3.63) is 29.8 Å². The fraction of sp³-hybridized carbons (Fsp3) is 0.625. The van der Waals surface area contributed by atoms with Crippen LogP contribution in [0.25, 0.3) is 0 Å². The molecule has 1 aliphatic rings. The quantitative estimate of drug-likeness (QED) is 0.776. The van der Waals surface area contributed by atoms with Crippen molar-refractivity contribution in [1.29, 1.82) is 0 Å². The first-order valence-electron chi connectivity index (χ1n) is 7.18. The Morgan fingerprint density at radius 3 is 2.83 bits per heavy atom. The van der Waals surface area contributed by atoms with Crippen LogP contribution >= 0.6 is 0 Å². The van der Waals surface area contributed by atoms with E-state index in [0.717, 1.165) is 24.8 Å². The number of aryl methyl sites for hydroxylation is 1. The Balaban J connectivity index is 1.63. The molecule has 18 heavy (non-hydrogen) atoms. The summed E-state index contributed by atoms with van der Waals surface area (Å²) in [6, 6.07) is 8.87. The van der Waals surface area contributed by atoms with Gasteiger partial charge in [0.1, 0.15) is 12.4 Å². The van der Waals surface area contributed by atoms with E-state index in [1.54, 1.807) is 0 Å². The molecule has 0 aliphatic heterocycles. The molecule has 1 saturated carbocycles. The Hall–Kier alpha value is -1.02. The van der Waals surface area contributed by atoms with Crippen LogP contribution in [0.5, 0.6) is 5.75 Å². The van der Waals surface area contributed by atoms with Gasteiger partial charge in [-0.2, -0.15) is 0 Å². The average Bonchev–Trinajstić information content (AvgIpc) is 2.88. The summed E-state index contributed by atoms with van der Waals surface area (Å²) in [6.45, 7) is 6.09. The zero-order chi connectivity index (χ0) is 12.8. The molecule has 1 fully saturated rings. The Morgan fingerprint density at radius 1 is 1.33 bits per heavy atom. The van der Waals surface area contributed by atoms with Crippen LogP contribution in [-0.4, -0.2) is 19.2 Å². The number of nitrogens with one attached hydrogen (secondary N) is 1. The van der Waals surface area contributed by atoms with Gasteiger partial charge in [-0.05, 0) is 50.3 Å². The molecule has 0 bridgehead atoms. The lowest BCUT2D eigenvalue weighted by atomic mass is 10.00. The smallest absolute Gasteiger partial charge is 0.119 e. The molecule has 0 radical (unpaired) electrons. The van der Waals surface area contributed by atoms with Gasteiger partial charge in [0.25, 0.3) is 0 Å². The van der Waals surface area contributed by atoms with E-state index >= 15 is 0 Å². The Labute approximate surface area is 111 Å². The van der Waals surface area contributed by atoms with Crippen LogP contribution in [0.15, 0.2) is 24.3 Å². The summed E-state index contributed by atoms with van der Waals surface area (Å²) in [5.41, 5.74) is 1.25. The summed E-state index contributed by atoms with van der Waals surface area (Å²) < 4.78 is 5.74. The van der Waals surface area contributed by atoms with E-state index in [-0.39, 0.29) is 0 Å². The maximum Gasteiger partial charge on any atom is 0.119 e. The van der Waals surface area contributed by atoms with E-state index in [0.29, 0.717) is 6.04 Å². The van der Waals surface area contributed by atoms with E-state index in [4.69, 9.17) is 4.74 Å². The minimum atomic E-state index is 0.633. The largest absolute Gasteiger partial charge is 0.492 e. The minimum Gasteiger partial charge on any atom is -0.492 e. The molecule has 1 aliphatic carbocycles. The normalized spacial score (nSPS) is 17.9. The molecule has 1 N–H and O–H groups in total. The molecule has 2 heteroatoms. The van der Waals surface area contributed by atoms with Crippen LogP contribution in [-0.2, 0) is 0 Å². The van der Waals surface area contributed by atoms with Gasteiger partial charge < -0.3 is 10.1 Å². The van der Waals surface area contributed by atoms with E-state index in [2.05, 4.69) is 31.3 Å². The highest BCUT2D eigenvalue weighted by atomic mass is 16.5. The van der Waals surface area contributed by atoms with Crippen LogP contribution in [0, 0.1) is 12.8 Å². The van der Waals surface area contributed by atoms with Gasteiger partial charge in [0.15, 0.2) is 0 Å². The first-order chi connectivity index (χ1) is 8.75. The first kappa shape index (κ1) is 13.4. The molecule has 1 atom stereocenters. The van der Waals surface area contributed by atoms with Gasteiger partial charge in [0.05, 0.1) is 0 Å². The van der Waals surface area contributed by atoms with Crippen LogP contribution in [0.1, 0.15) is 38.2 Å². The van der Waals surface area contributed by atoms with Gasteiger partial charge in [0, 0.05) is 12.6 Å². The average molecular weight is 247 g/mol. The fourth-order valence-electron chi connectivity index (χ4n) is 2.78. The molecular weight excluding hydrogens is 222 g/mol. The van der Waals surface area contributed by atoms with Gasteiger partial charge in [0.2, 0.25) is 0 Å². The molecule has 0 spiro atoms. The molecule has 0 aromatic heterocycles. The van der Waals surface area contributed by atoms with Gasteiger partial charge in [-0.25, -0.2) is 0 Å². The summed E-state index contributed by atoms with van der Waals surface area (Å²) in [4.78, 5) is 0. The van der Waals surface area contributed by atoms with Crippen molar-refractivity contribution in [3.8, 4) is 5.75 Å². The topological polar surface area (TPSA) is 21.3 Å². The lowest BCUT2D eigenvalue weighted by molar-refractivity contribution is 0.290. The van der Waals surface area contributed by atoms with Crippen molar-refractivity contribution < 1.29 is 4.74 Å². The molecule has 100 valence electrons. The number of hydrogen-bond acceptors (Lipinski definition) is 2. The zero-order valence-corrected chi connectivity index (χ0v) is 11.6. The highest BCUT2D eigenvalue weighted by Gasteiger charge is 2.20. The second kappa shape index (κ2) is 6.79. The van der Waals surface area contributed by atoms with Crippen molar-refractivity contribution in [2.24, 2.45) is 5.92 Å². The molecule has 0 amide bonds. The standard InChI is InChI=1S/C16H25NO/c1-13-6-5-9-16(12-13)18-11-10-17-14(2)15-7-3-4-8-15/h5-6,9,12,14-15,17H,3-4,7-8,10-11H2,1-2H3. The summed E-state index contributed by atoms with van der Waals surface area (Å²) >= 11 is 0. The SMILES string of the molecule is Cc1cccc(OCCNC(C)C2CCCC2)c1. The third kappa shape index (κ3) is 4.02. The molecular formula is C16H25NO. The number of rotatable bonds is 6. The van der Waals surface area contributed by atoms with Gasteiger partial charge in [-0.3, -0.25) is 0 Å². The van der Waals surface area contributed by atoms with Crippen LogP contribution in [0.4, 0.5) is 0 Å². The molecule has 0 saturated heterocycles.